The number of benzene rings is 2. The van der Waals surface area contributed by atoms with E-state index < -0.39 is 12.3 Å². The molecule has 9 heteroatoms. The third kappa shape index (κ3) is 5.09. The van der Waals surface area contributed by atoms with E-state index in [-0.39, 0.29) is 23.6 Å². The Morgan fingerprint density at radius 1 is 1.11 bits per heavy atom. The monoisotopic (exact) mass is 390 g/mol. The van der Waals surface area contributed by atoms with Gasteiger partial charge in [-0.1, -0.05) is 53.7 Å². The van der Waals surface area contributed by atoms with E-state index in [1.54, 1.807) is 6.07 Å². The molecule has 1 aromatic heterocycles. The van der Waals surface area contributed by atoms with Gasteiger partial charge in [-0.2, -0.15) is 0 Å². The topological polar surface area (TPSA) is 60.2 Å². The maximum atomic E-state index is 12.6. The van der Waals surface area contributed by atoms with Crippen molar-refractivity contribution in [1.29, 1.82) is 0 Å². The lowest BCUT2D eigenvalue weighted by Gasteiger charge is -2.19. The Bertz CT molecular complexity index is 942. The summed E-state index contributed by atoms with van der Waals surface area (Å²) in [5.41, 5.74) is 1.33. The number of nitrogens with zero attached hydrogens (tertiary/aromatic N) is 4. The average Bonchev–Trinajstić information content (AvgIpc) is 3.10. The molecule has 0 aliphatic rings. The van der Waals surface area contributed by atoms with E-state index in [2.05, 4.69) is 15.0 Å². The van der Waals surface area contributed by atoms with Gasteiger partial charge in [0.05, 0.1) is 12.7 Å². The molecular weight excluding hydrogens is 373 g/mol. The van der Waals surface area contributed by atoms with Gasteiger partial charge in [-0.25, -0.2) is 4.68 Å². The smallest absolute Gasteiger partial charge is 0.405 e. The first-order valence-corrected chi connectivity index (χ1v) is 8.35. The number of carbonyl (C=O) groups is 1. The molecule has 2 aromatic carbocycles. The van der Waals surface area contributed by atoms with Gasteiger partial charge in [0.2, 0.25) is 0 Å². The highest BCUT2D eigenvalue weighted by Gasteiger charge is 2.32. The van der Waals surface area contributed by atoms with Crippen molar-refractivity contribution in [3.63, 3.8) is 0 Å². The predicted molar refractivity (Wildman–Crippen MR) is 94.5 cm³/mol. The van der Waals surface area contributed by atoms with E-state index in [0.717, 1.165) is 5.56 Å². The molecule has 0 saturated heterocycles. The summed E-state index contributed by atoms with van der Waals surface area (Å²) in [7, 11) is 1.48. The molecule has 3 aromatic rings. The average molecular weight is 390 g/mol. The minimum atomic E-state index is -4.81. The van der Waals surface area contributed by atoms with Gasteiger partial charge in [-0.15, -0.1) is 18.3 Å². The van der Waals surface area contributed by atoms with Crippen LogP contribution in [0.1, 0.15) is 21.6 Å². The lowest BCUT2D eigenvalue weighted by molar-refractivity contribution is -0.275. The van der Waals surface area contributed by atoms with Crippen LogP contribution in [-0.4, -0.2) is 39.2 Å². The van der Waals surface area contributed by atoms with E-state index in [1.165, 1.54) is 41.0 Å². The lowest BCUT2D eigenvalue weighted by atomic mass is 10.2. The van der Waals surface area contributed by atoms with Gasteiger partial charge in [-0.05, 0) is 11.6 Å². The molecule has 0 atom stereocenters. The number of hydrogen-bond acceptors (Lipinski definition) is 4. The van der Waals surface area contributed by atoms with Crippen molar-refractivity contribution in [2.45, 2.75) is 19.5 Å². The highest BCUT2D eigenvalue weighted by Crippen LogP contribution is 2.27. The molecule has 0 N–H and O–H groups in total. The first kappa shape index (κ1) is 19.4. The Morgan fingerprint density at radius 2 is 1.79 bits per heavy atom. The summed E-state index contributed by atoms with van der Waals surface area (Å²) in [6.45, 7) is 0.379. The minimum Gasteiger partial charge on any atom is -0.405 e. The molecule has 0 aliphatic heterocycles. The molecule has 28 heavy (non-hydrogen) atoms. The van der Waals surface area contributed by atoms with E-state index in [4.69, 9.17) is 0 Å². The van der Waals surface area contributed by atoms with Crippen LogP contribution >= 0.6 is 0 Å². The number of alkyl halides is 3. The second kappa shape index (κ2) is 8.12. The molecule has 0 radical (unpaired) electrons. The fourth-order valence-corrected chi connectivity index (χ4v) is 2.63. The third-order valence-corrected chi connectivity index (χ3v) is 3.90. The number of ether oxygens (including phenoxy) is 1. The number of para-hydroxylation sites is 1. The molecule has 0 aliphatic carbocycles. The Kier molecular flexibility index (Phi) is 5.62. The van der Waals surface area contributed by atoms with Gasteiger partial charge in [0.1, 0.15) is 5.75 Å². The molecule has 0 bridgehead atoms. The summed E-state index contributed by atoms with van der Waals surface area (Å²) in [6.07, 6.45) is -3.30. The van der Waals surface area contributed by atoms with Crippen LogP contribution in [0, 0.1) is 0 Å². The van der Waals surface area contributed by atoms with Gasteiger partial charge in [0.15, 0.2) is 5.69 Å². The summed E-state index contributed by atoms with van der Waals surface area (Å²) in [4.78, 5) is 13.8. The number of halogens is 3. The maximum Gasteiger partial charge on any atom is 0.573 e. The molecule has 146 valence electrons. The molecule has 0 saturated carbocycles. The Morgan fingerprint density at radius 3 is 2.50 bits per heavy atom. The van der Waals surface area contributed by atoms with Crippen molar-refractivity contribution in [3.05, 3.63) is 77.6 Å². The first-order chi connectivity index (χ1) is 13.3. The van der Waals surface area contributed by atoms with Gasteiger partial charge in [-0.3, -0.25) is 4.79 Å². The summed E-state index contributed by atoms with van der Waals surface area (Å²) in [6, 6.07) is 15.2. The molecule has 1 amide bonds. The molecule has 0 spiro atoms. The van der Waals surface area contributed by atoms with E-state index in [0.29, 0.717) is 6.54 Å². The maximum absolute atomic E-state index is 12.6. The van der Waals surface area contributed by atoms with Crippen molar-refractivity contribution in [2.75, 3.05) is 7.05 Å². The quantitative estimate of drug-likeness (QED) is 0.647. The van der Waals surface area contributed by atoms with Crippen LogP contribution in [-0.2, 0) is 13.1 Å². The standard InChI is InChI=1S/C19H17F3N4O2/c1-25(12-15-9-5-6-10-17(15)28-19(20,21)22)18(27)16-13-26(24-23-16)11-14-7-3-2-4-8-14/h2-10,13H,11-12H2,1H3. The van der Waals surface area contributed by atoms with Crippen molar-refractivity contribution < 1.29 is 22.7 Å². The van der Waals surface area contributed by atoms with Gasteiger partial charge < -0.3 is 9.64 Å². The zero-order chi connectivity index (χ0) is 20.1. The van der Waals surface area contributed by atoms with Crippen molar-refractivity contribution in [2.24, 2.45) is 0 Å². The highest BCUT2D eigenvalue weighted by atomic mass is 19.4. The number of amides is 1. The van der Waals surface area contributed by atoms with Crippen LogP contribution in [0.3, 0.4) is 0 Å². The largest absolute Gasteiger partial charge is 0.573 e. The van der Waals surface area contributed by atoms with Crippen molar-refractivity contribution >= 4 is 5.91 Å². The van der Waals surface area contributed by atoms with Crippen molar-refractivity contribution in [3.8, 4) is 5.75 Å². The van der Waals surface area contributed by atoms with Gasteiger partial charge in [0, 0.05) is 19.2 Å². The van der Waals surface area contributed by atoms with Gasteiger partial charge in [0.25, 0.3) is 5.91 Å². The molecule has 3 rings (SSSR count). The molecule has 0 unspecified atom stereocenters. The minimum absolute atomic E-state index is 0.0728. The Balaban J connectivity index is 1.69. The predicted octanol–water partition coefficient (Wildman–Crippen LogP) is 3.50. The summed E-state index contributed by atoms with van der Waals surface area (Å²) >= 11 is 0. The zero-order valence-electron chi connectivity index (χ0n) is 14.9. The van der Waals surface area contributed by atoms with Gasteiger partial charge >= 0.3 is 6.36 Å². The number of aromatic nitrogens is 3. The normalized spacial score (nSPS) is 11.3. The van der Waals surface area contributed by atoms with E-state index >= 15 is 0 Å². The van der Waals surface area contributed by atoms with Crippen LogP contribution in [0.4, 0.5) is 13.2 Å². The fraction of sp³-hybridized carbons (Fsp3) is 0.211. The Hall–Kier alpha value is -3.36. The van der Waals surface area contributed by atoms with Crippen LogP contribution in [0.2, 0.25) is 0 Å². The molecular formula is C19H17F3N4O2. The van der Waals surface area contributed by atoms with Crippen LogP contribution in [0.15, 0.2) is 60.8 Å². The first-order valence-electron chi connectivity index (χ1n) is 8.35. The lowest BCUT2D eigenvalue weighted by Crippen LogP contribution is -2.27. The summed E-state index contributed by atoms with van der Waals surface area (Å²) < 4.78 is 43.2. The SMILES string of the molecule is CN(Cc1ccccc1OC(F)(F)F)C(=O)c1cn(Cc2ccccc2)nn1. The van der Waals surface area contributed by atoms with Crippen LogP contribution < -0.4 is 4.74 Å². The molecule has 0 fully saturated rings. The fourth-order valence-electron chi connectivity index (χ4n) is 2.63. The Labute approximate surface area is 159 Å². The van der Waals surface area contributed by atoms with Crippen LogP contribution in [0.25, 0.3) is 0 Å². The second-order valence-corrected chi connectivity index (χ2v) is 6.10. The summed E-state index contributed by atoms with van der Waals surface area (Å²) in [5, 5.41) is 7.80. The molecule has 1 heterocycles. The van der Waals surface area contributed by atoms with Crippen molar-refractivity contribution in [1.82, 2.24) is 19.9 Å². The molecule has 6 nitrogen and oxygen atoms in total. The van der Waals surface area contributed by atoms with E-state index in [9.17, 15) is 18.0 Å². The number of hydrogen-bond donors (Lipinski definition) is 0. The number of rotatable bonds is 6. The second-order valence-electron chi connectivity index (χ2n) is 6.10. The van der Waals surface area contributed by atoms with Crippen LogP contribution in [0.5, 0.6) is 5.75 Å². The highest BCUT2D eigenvalue weighted by molar-refractivity contribution is 5.91. The summed E-state index contributed by atoms with van der Waals surface area (Å²) in [5.74, 6) is -0.802. The zero-order valence-corrected chi connectivity index (χ0v) is 14.9. The number of carbonyl (C=O) groups excluding carboxylic acids is 1. The van der Waals surface area contributed by atoms with E-state index in [1.807, 2.05) is 30.3 Å². The third-order valence-electron chi connectivity index (χ3n) is 3.90.